The summed E-state index contributed by atoms with van der Waals surface area (Å²) in [6, 6.07) is 12.6. The van der Waals surface area contributed by atoms with Gasteiger partial charge in [0.15, 0.2) is 0 Å². The molecular weight excluding hydrogens is 435 g/mol. The second-order valence-electron chi connectivity index (χ2n) is 8.47. The first-order chi connectivity index (χ1) is 16.0. The Labute approximate surface area is 196 Å². The number of anilines is 1. The molecule has 0 unspecified atom stereocenters. The van der Waals surface area contributed by atoms with Gasteiger partial charge in [-0.2, -0.15) is 0 Å². The number of pyridine rings is 1. The number of rotatable bonds is 4. The highest BCUT2D eigenvalue weighted by molar-refractivity contribution is 7.13. The van der Waals surface area contributed by atoms with Gasteiger partial charge in [-0.05, 0) is 62.4 Å². The van der Waals surface area contributed by atoms with Gasteiger partial charge in [0.05, 0.1) is 11.6 Å². The van der Waals surface area contributed by atoms with Gasteiger partial charge in [-0.3, -0.25) is 9.69 Å². The third-order valence-corrected chi connectivity index (χ3v) is 7.14. The number of hydrogen-bond acceptors (Lipinski definition) is 5. The van der Waals surface area contributed by atoms with E-state index in [1.807, 2.05) is 43.5 Å². The number of benzene rings is 2. The lowest BCUT2D eigenvalue weighted by Gasteiger charge is -2.35. The maximum absolute atomic E-state index is 15.3. The van der Waals surface area contributed by atoms with Crippen LogP contribution in [-0.2, 0) is 0 Å². The summed E-state index contributed by atoms with van der Waals surface area (Å²) >= 11 is 1.46. The molecule has 0 spiro atoms. The molecule has 0 radical (unpaired) electrons. The summed E-state index contributed by atoms with van der Waals surface area (Å²) in [7, 11) is 0. The summed E-state index contributed by atoms with van der Waals surface area (Å²) in [4.78, 5) is 24.6. The van der Waals surface area contributed by atoms with Crippen molar-refractivity contribution in [2.75, 3.05) is 18.0 Å². The topological polar surface area (TPSA) is 58.1 Å². The van der Waals surface area contributed by atoms with Crippen molar-refractivity contribution < 1.29 is 9.18 Å². The van der Waals surface area contributed by atoms with Crippen LogP contribution in [0.15, 0.2) is 54.0 Å². The van der Waals surface area contributed by atoms with E-state index in [0.29, 0.717) is 17.9 Å². The molecule has 0 aliphatic carbocycles. The van der Waals surface area contributed by atoms with Gasteiger partial charge in [-0.25, -0.2) is 14.4 Å². The molecule has 1 saturated heterocycles. The van der Waals surface area contributed by atoms with Crippen molar-refractivity contribution in [3.05, 3.63) is 76.7 Å². The van der Waals surface area contributed by atoms with Crippen molar-refractivity contribution >= 4 is 33.8 Å². The summed E-state index contributed by atoms with van der Waals surface area (Å²) in [6.45, 7) is 5.48. The number of fused-ring (bicyclic) bond motifs is 1. The van der Waals surface area contributed by atoms with E-state index >= 15 is 4.39 Å². The van der Waals surface area contributed by atoms with Gasteiger partial charge in [0.2, 0.25) is 0 Å². The molecule has 1 N–H and O–H groups in total. The van der Waals surface area contributed by atoms with E-state index in [4.69, 9.17) is 0 Å². The van der Waals surface area contributed by atoms with Gasteiger partial charge in [-0.15, -0.1) is 11.3 Å². The molecule has 4 aromatic rings. The lowest BCUT2D eigenvalue weighted by atomic mass is 10.0. The Morgan fingerprint density at radius 3 is 2.82 bits per heavy atom. The zero-order valence-electron chi connectivity index (χ0n) is 18.6. The van der Waals surface area contributed by atoms with Gasteiger partial charge >= 0.3 is 0 Å². The number of aryl methyl sites for hydroxylation is 2. The minimum Gasteiger partial charge on any atom is -0.315 e. The summed E-state index contributed by atoms with van der Waals surface area (Å²) in [5, 5.41) is 7.99. The minimum absolute atomic E-state index is 0.0463. The van der Waals surface area contributed by atoms with Crippen LogP contribution >= 0.6 is 11.3 Å². The zero-order valence-corrected chi connectivity index (χ0v) is 19.5. The van der Waals surface area contributed by atoms with Crippen LogP contribution in [0.5, 0.6) is 0 Å². The summed E-state index contributed by atoms with van der Waals surface area (Å²) in [6.07, 6.45) is 3.50. The van der Waals surface area contributed by atoms with Crippen molar-refractivity contribution in [3.8, 4) is 10.6 Å². The van der Waals surface area contributed by atoms with E-state index in [1.54, 1.807) is 23.2 Å². The summed E-state index contributed by atoms with van der Waals surface area (Å²) in [5.41, 5.74) is 2.65. The van der Waals surface area contributed by atoms with E-state index in [2.05, 4.69) is 15.3 Å². The highest BCUT2D eigenvalue weighted by atomic mass is 32.1. The molecule has 2 aromatic heterocycles. The van der Waals surface area contributed by atoms with Gasteiger partial charge in [-0.1, -0.05) is 24.3 Å². The normalized spacial score (nSPS) is 16.2. The fourth-order valence-corrected chi connectivity index (χ4v) is 5.29. The molecule has 0 bridgehead atoms. The fraction of sp³-hybridized carbons (Fsp3) is 0.269. The first-order valence-electron chi connectivity index (χ1n) is 11.1. The summed E-state index contributed by atoms with van der Waals surface area (Å²) in [5.74, 6) is -0.328. The Kier molecular flexibility index (Phi) is 5.91. The Morgan fingerprint density at radius 2 is 2.09 bits per heavy atom. The number of halogens is 1. The molecule has 1 amide bonds. The van der Waals surface area contributed by atoms with Crippen molar-refractivity contribution in [3.63, 3.8) is 0 Å². The van der Waals surface area contributed by atoms with Crippen molar-refractivity contribution in [2.24, 2.45) is 0 Å². The van der Waals surface area contributed by atoms with Crippen LogP contribution in [0, 0.1) is 19.7 Å². The number of nitrogens with one attached hydrogen (secondary N) is 1. The fourth-order valence-electron chi connectivity index (χ4n) is 4.50. The number of aromatic nitrogens is 2. The third kappa shape index (κ3) is 4.14. The first-order valence-corrected chi connectivity index (χ1v) is 12.0. The van der Waals surface area contributed by atoms with Gasteiger partial charge < -0.3 is 5.32 Å². The molecule has 5 rings (SSSR count). The molecule has 168 valence electrons. The molecule has 2 aromatic carbocycles. The molecule has 33 heavy (non-hydrogen) atoms. The number of carbonyl (C=O) groups excluding carboxylic acids is 1. The SMILES string of the molecule is Cc1csc(-c2ccc(C(=O)N(c3nccc4cccc(C)c34)[C@@H]3CCCNC3)c(F)c2)n1. The highest BCUT2D eigenvalue weighted by Crippen LogP contribution is 2.32. The average molecular weight is 461 g/mol. The number of nitrogens with zero attached hydrogens (tertiary/aromatic N) is 3. The Morgan fingerprint density at radius 1 is 1.21 bits per heavy atom. The zero-order chi connectivity index (χ0) is 22.9. The van der Waals surface area contributed by atoms with E-state index in [-0.39, 0.29) is 17.5 Å². The van der Waals surface area contributed by atoms with Crippen LogP contribution < -0.4 is 10.2 Å². The van der Waals surface area contributed by atoms with E-state index < -0.39 is 5.82 Å². The number of amides is 1. The van der Waals surface area contributed by atoms with Crippen LogP contribution in [0.4, 0.5) is 10.2 Å². The van der Waals surface area contributed by atoms with Gasteiger partial charge in [0.25, 0.3) is 5.91 Å². The maximum atomic E-state index is 15.3. The second kappa shape index (κ2) is 9.00. The van der Waals surface area contributed by atoms with Crippen molar-refractivity contribution in [1.29, 1.82) is 0 Å². The van der Waals surface area contributed by atoms with E-state index in [0.717, 1.165) is 46.4 Å². The number of carbonyl (C=O) groups is 1. The smallest absolute Gasteiger partial charge is 0.262 e. The Hall–Kier alpha value is -3.16. The van der Waals surface area contributed by atoms with E-state index in [1.165, 1.54) is 17.4 Å². The standard InChI is InChI=1S/C26H25FN4OS/c1-16-5-3-6-18-10-12-29-24(23(16)18)31(20-7-4-11-28-14-20)26(32)21-9-8-19(13-22(21)27)25-30-17(2)15-33-25/h3,5-6,8-10,12-13,15,20,28H,4,7,11,14H2,1-2H3/t20-/m1/s1. The minimum atomic E-state index is -0.545. The Bertz CT molecular complexity index is 1320. The average Bonchev–Trinajstić information content (AvgIpc) is 3.26. The molecule has 1 aliphatic heterocycles. The quantitative estimate of drug-likeness (QED) is 0.436. The molecule has 1 fully saturated rings. The number of hydrogen-bond donors (Lipinski definition) is 1. The Balaban J connectivity index is 1.60. The second-order valence-corrected chi connectivity index (χ2v) is 9.33. The first kappa shape index (κ1) is 21.7. The van der Waals surface area contributed by atoms with Gasteiger partial charge in [0.1, 0.15) is 16.6 Å². The van der Waals surface area contributed by atoms with Crippen LogP contribution in [-0.4, -0.2) is 35.0 Å². The maximum Gasteiger partial charge on any atom is 0.262 e. The lowest BCUT2D eigenvalue weighted by molar-refractivity contribution is 0.0968. The largest absolute Gasteiger partial charge is 0.315 e. The number of thiazole rings is 1. The predicted molar refractivity (Wildman–Crippen MR) is 131 cm³/mol. The molecular formula is C26H25FN4OS. The monoisotopic (exact) mass is 460 g/mol. The molecule has 5 nitrogen and oxygen atoms in total. The van der Waals surface area contributed by atoms with Crippen molar-refractivity contribution in [2.45, 2.75) is 32.7 Å². The van der Waals surface area contributed by atoms with Crippen LogP contribution in [0.2, 0.25) is 0 Å². The molecule has 1 aliphatic rings. The van der Waals surface area contributed by atoms with Crippen LogP contribution in [0.1, 0.15) is 34.5 Å². The molecule has 0 saturated carbocycles. The predicted octanol–water partition coefficient (Wildman–Crippen LogP) is 5.51. The molecule has 7 heteroatoms. The lowest BCUT2D eigenvalue weighted by Crippen LogP contribution is -2.49. The van der Waals surface area contributed by atoms with Crippen LogP contribution in [0.3, 0.4) is 0 Å². The highest BCUT2D eigenvalue weighted by Gasteiger charge is 2.31. The van der Waals surface area contributed by atoms with E-state index in [9.17, 15) is 4.79 Å². The molecule has 3 heterocycles. The van der Waals surface area contributed by atoms with Gasteiger partial charge in [0, 0.05) is 34.8 Å². The molecule has 1 atom stereocenters. The number of piperidine rings is 1. The van der Waals surface area contributed by atoms with Crippen molar-refractivity contribution in [1.82, 2.24) is 15.3 Å². The summed E-state index contributed by atoms with van der Waals surface area (Å²) < 4.78 is 15.3. The third-order valence-electron chi connectivity index (χ3n) is 6.13. The van der Waals surface area contributed by atoms with Crippen LogP contribution in [0.25, 0.3) is 21.3 Å².